The molecule has 1 nitrogen and oxygen atoms in total. The molecule has 33 heavy (non-hydrogen) atoms. The second-order valence-corrected chi connectivity index (χ2v) is 7.92. The first-order valence-electron chi connectivity index (χ1n) is 13.0. The van der Waals surface area contributed by atoms with Crippen LogP contribution in [0, 0.1) is 0 Å². The molecule has 0 spiro atoms. The molecule has 0 fully saturated rings. The molecule has 0 atom stereocenters. The summed E-state index contributed by atoms with van der Waals surface area (Å²) in [5, 5.41) is 3.92. The van der Waals surface area contributed by atoms with E-state index in [2.05, 4.69) is 0 Å². The number of hydrogen-bond acceptors (Lipinski definition) is 1. The van der Waals surface area contributed by atoms with Gasteiger partial charge in [0.25, 0.3) is 0 Å². The van der Waals surface area contributed by atoms with Gasteiger partial charge < -0.3 is 4.90 Å². The van der Waals surface area contributed by atoms with Crippen molar-refractivity contribution in [2.45, 2.75) is 0 Å². The molecule has 6 rings (SSSR count). The van der Waals surface area contributed by atoms with Gasteiger partial charge in [0.1, 0.15) is 0 Å². The maximum Gasteiger partial charge on any atom is 0.0651 e. The van der Waals surface area contributed by atoms with Gasteiger partial charge in [-0.05, 0) is 57.6 Å². The smallest absolute Gasteiger partial charge is 0.0651 e. The zero-order chi connectivity index (χ0) is 25.5. The minimum atomic E-state index is -0.199. The van der Waals surface area contributed by atoms with Crippen molar-refractivity contribution in [3.05, 3.63) is 139 Å². The Morgan fingerprint density at radius 3 is 1.97 bits per heavy atom. The average molecular weight is 426 g/mol. The third-order valence-corrected chi connectivity index (χ3v) is 5.92. The fourth-order valence-electron chi connectivity index (χ4n) is 4.39. The topological polar surface area (TPSA) is 3.24 Å². The predicted octanol–water partition coefficient (Wildman–Crippen LogP) is 9.13. The summed E-state index contributed by atoms with van der Waals surface area (Å²) in [6.07, 6.45) is 0. The Kier molecular flexibility index (Phi) is 3.88. The van der Waals surface area contributed by atoms with Gasteiger partial charge in [-0.15, -0.1) is 0 Å². The van der Waals surface area contributed by atoms with Gasteiger partial charge in [0.15, 0.2) is 0 Å². The average Bonchev–Trinajstić information content (AvgIpc) is 2.95. The van der Waals surface area contributed by atoms with Crippen molar-refractivity contribution in [2.75, 3.05) is 4.90 Å². The van der Waals surface area contributed by atoms with Crippen molar-refractivity contribution in [1.29, 1.82) is 0 Å². The third kappa shape index (κ3) is 3.54. The van der Waals surface area contributed by atoms with Crippen LogP contribution >= 0.6 is 0 Å². The van der Waals surface area contributed by atoms with Crippen LogP contribution in [-0.2, 0) is 0 Å². The van der Waals surface area contributed by atoms with Gasteiger partial charge in [0.2, 0.25) is 0 Å². The third-order valence-electron chi connectivity index (χ3n) is 5.92. The molecule has 0 bridgehead atoms. The Bertz CT molecular complexity index is 1770. The fraction of sp³-hybridized carbons (Fsp3) is 0. The van der Waals surface area contributed by atoms with Crippen LogP contribution in [0.3, 0.4) is 0 Å². The zero-order valence-electron chi connectivity index (χ0n) is 21.9. The summed E-state index contributed by atoms with van der Waals surface area (Å²) in [5.74, 6) is 0. The molecule has 6 aromatic rings. The minimum absolute atomic E-state index is 0.0548. The number of rotatable bonds is 4. The Labute approximate surface area is 199 Å². The van der Waals surface area contributed by atoms with Gasteiger partial charge in [0.05, 0.1) is 11.2 Å². The number of fused-ring (bicyclic) bond motifs is 2. The number of nitrogens with zero attached hydrogens (tertiary/aromatic N) is 1. The lowest BCUT2D eigenvalue weighted by molar-refractivity contribution is 1.30. The van der Waals surface area contributed by atoms with E-state index in [1.54, 1.807) is 0 Å². The van der Waals surface area contributed by atoms with Crippen molar-refractivity contribution in [3.8, 4) is 11.1 Å². The summed E-state index contributed by atoms with van der Waals surface area (Å²) in [6.45, 7) is 0. The SMILES string of the molecule is [2H]c1c([2H])c(-c2cccc3ccccc23)c([2H])c(N(c2ccccc2)c2cccc3ccccc23)c1[2H]. The molecular formula is C32H23N. The maximum atomic E-state index is 9.41. The molecule has 0 heterocycles. The molecular weight excluding hydrogens is 398 g/mol. The summed E-state index contributed by atoms with van der Waals surface area (Å²) >= 11 is 0. The Hall–Kier alpha value is -4.36. The highest BCUT2D eigenvalue weighted by molar-refractivity contribution is 6.00. The molecule has 0 saturated heterocycles. The maximum absolute atomic E-state index is 9.41. The number of para-hydroxylation sites is 1. The zero-order valence-corrected chi connectivity index (χ0v) is 17.9. The first-order valence-corrected chi connectivity index (χ1v) is 11.0. The highest BCUT2D eigenvalue weighted by Gasteiger charge is 2.16. The molecule has 0 aliphatic rings. The van der Waals surface area contributed by atoms with Crippen molar-refractivity contribution in [3.63, 3.8) is 0 Å². The largest absolute Gasteiger partial charge is 0.310 e. The molecule has 0 aliphatic carbocycles. The number of hydrogen-bond donors (Lipinski definition) is 0. The lowest BCUT2D eigenvalue weighted by atomic mass is 9.97. The quantitative estimate of drug-likeness (QED) is 0.272. The van der Waals surface area contributed by atoms with Crippen molar-refractivity contribution in [1.82, 2.24) is 0 Å². The molecule has 0 saturated carbocycles. The molecule has 0 amide bonds. The Balaban J connectivity index is 1.72. The second-order valence-electron chi connectivity index (χ2n) is 7.92. The van der Waals surface area contributed by atoms with Crippen LogP contribution in [0.2, 0.25) is 0 Å². The van der Waals surface area contributed by atoms with Gasteiger partial charge >= 0.3 is 0 Å². The van der Waals surface area contributed by atoms with Gasteiger partial charge in [-0.25, -0.2) is 0 Å². The summed E-state index contributed by atoms with van der Waals surface area (Å²) < 4.78 is 36.0. The lowest BCUT2D eigenvalue weighted by Gasteiger charge is -2.27. The van der Waals surface area contributed by atoms with Crippen molar-refractivity contribution < 1.29 is 5.48 Å². The first kappa shape index (κ1) is 15.4. The van der Waals surface area contributed by atoms with Crippen LogP contribution < -0.4 is 4.90 Å². The van der Waals surface area contributed by atoms with E-state index in [-0.39, 0.29) is 29.9 Å². The molecule has 0 aliphatic heterocycles. The lowest BCUT2D eigenvalue weighted by Crippen LogP contribution is -2.10. The van der Waals surface area contributed by atoms with E-state index in [1.807, 2.05) is 120 Å². The van der Waals surface area contributed by atoms with Crippen LogP contribution in [0.5, 0.6) is 0 Å². The van der Waals surface area contributed by atoms with E-state index in [1.165, 1.54) is 0 Å². The molecule has 6 aromatic carbocycles. The molecule has 0 unspecified atom stereocenters. The number of anilines is 3. The second kappa shape index (κ2) is 8.29. The van der Waals surface area contributed by atoms with E-state index in [0.29, 0.717) is 11.1 Å². The molecule has 0 aromatic heterocycles. The van der Waals surface area contributed by atoms with Gasteiger partial charge in [-0.1, -0.05) is 109 Å². The Morgan fingerprint density at radius 1 is 0.515 bits per heavy atom. The molecule has 0 N–H and O–H groups in total. The van der Waals surface area contributed by atoms with Crippen LogP contribution in [0.25, 0.3) is 32.7 Å². The highest BCUT2D eigenvalue weighted by Crippen LogP contribution is 2.40. The molecule has 1 heteroatoms. The summed E-state index contributed by atoms with van der Waals surface area (Å²) in [7, 11) is 0. The van der Waals surface area contributed by atoms with E-state index < -0.39 is 0 Å². The standard InChI is InChI=1S/C32H23N/c1-2-16-27(17-3-1)33(32-22-10-14-25-12-5-7-20-31(25)32)28-18-8-15-26(23-28)30-21-9-13-24-11-4-6-19-29(24)30/h1-23H/i8D,15D,18D,23D. The number of benzene rings is 6. The minimum Gasteiger partial charge on any atom is -0.310 e. The van der Waals surface area contributed by atoms with E-state index in [4.69, 9.17) is 4.11 Å². The summed E-state index contributed by atoms with van der Waals surface area (Å²) in [6, 6.07) is 36.9. The highest BCUT2D eigenvalue weighted by atomic mass is 15.1. The fourth-order valence-corrected chi connectivity index (χ4v) is 4.39. The normalized spacial score (nSPS) is 12.7. The van der Waals surface area contributed by atoms with Crippen LogP contribution in [0.15, 0.2) is 139 Å². The van der Waals surface area contributed by atoms with E-state index in [0.717, 1.165) is 32.9 Å². The van der Waals surface area contributed by atoms with E-state index in [9.17, 15) is 1.37 Å². The van der Waals surface area contributed by atoms with E-state index >= 15 is 0 Å². The van der Waals surface area contributed by atoms with Crippen molar-refractivity contribution in [2.24, 2.45) is 0 Å². The first-order chi connectivity index (χ1) is 18.1. The predicted molar refractivity (Wildman–Crippen MR) is 142 cm³/mol. The van der Waals surface area contributed by atoms with Crippen LogP contribution in [-0.4, -0.2) is 0 Å². The summed E-state index contributed by atoms with van der Waals surface area (Å²) in [4.78, 5) is 1.89. The Morgan fingerprint density at radius 2 is 1.15 bits per heavy atom. The van der Waals surface area contributed by atoms with Gasteiger partial charge in [-0.2, -0.15) is 0 Å². The van der Waals surface area contributed by atoms with Gasteiger partial charge in [0, 0.05) is 16.8 Å². The van der Waals surface area contributed by atoms with Crippen LogP contribution in [0.1, 0.15) is 5.48 Å². The van der Waals surface area contributed by atoms with Crippen molar-refractivity contribution >= 4 is 38.6 Å². The van der Waals surface area contributed by atoms with Crippen LogP contribution in [0.4, 0.5) is 17.1 Å². The summed E-state index contributed by atoms with van der Waals surface area (Å²) in [5.41, 5.74) is 2.95. The van der Waals surface area contributed by atoms with Gasteiger partial charge in [-0.3, -0.25) is 0 Å². The molecule has 156 valence electrons. The molecule has 0 radical (unpaired) electrons. The monoisotopic (exact) mass is 425 g/mol.